The van der Waals surface area contributed by atoms with Crippen molar-refractivity contribution in [1.29, 1.82) is 0 Å². The van der Waals surface area contributed by atoms with E-state index in [1.807, 2.05) is 6.92 Å². The molecule has 0 amide bonds. The minimum Gasteiger partial charge on any atom is -0.513 e. The van der Waals surface area contributed by atoms with Crippen molar-refractivity contribution in [1.82, 2.24) is 0 Å². The van der Waals surface area contributed by atoms with E-state index in [-0.39, 0.29) is 17.5 Å². The average Bonchev–Trinajstić information content (AvgIpc) is 1.85. The van der Waals surface area contributed by atoms with Crippen molar-refractivity contribution in [3.63, 3.8) is 0 Å². The average molecular weight is 142 g/mol. The van der Waals surface area contributed by atoms with E-state index in [0.717, 1.165) is 0 Å². The second-order valence-electron chi connectivity index (χ2n) is 2.49. The van der Waals surface area contributed by atoms with Gasteiger partial charge in [-0.15, -0.1) is 0 Å². The van der Waals surface area contributed by atoms with Crippen molar-refractivity contribution in [2.24, 2.45) is 5.92 Å². The number of hydrogen-bond acceptors (Lipinski definition) is 2. The second-order valence-corrected chi connectivity index (χ2v) is 2.49. The van der Waals surface area contributed by atoms with Crippen LogP contribution in [0.4, 0.5) is 0 Å². The molecule has 0 bridgehead atoms. The van der Waals surface area contributed by atoms with E-state index in [2.05, 4.69) is 6.58 Å². The Bertz CT molecular complexity index is 138. The lowest BCUT2D eigenvalue weighted by Gasteiger charge is -2.06. The van der Waals surface area contributed by atoms with Gasteiger partial charge in [-0.25, -0.2) is 0 Å². The molecule has 0 spiro atoms. The van der Waals surface area contributed by atoms with Gasteiger partial charge in [-0.3, -0.25) is 4.79 Å². The number of carbonyl (C=O) groups is 1. The van der Waals surface area contributed by atoms with Crippen LogP contribution in [0.3, 0.4) is 0 Å². The number of carbonyl (C=O) groups excluding carboxylic acids is 1. The van der Waals surface area contributed by atoms with Gasteiger partial charge in [0.2, 0.25) is 0 Å². The highest BCUT2D eigenvalue weighted by molar-refractivity contribution is 5.80. The zero-order valence-corrected chi connectivity index (χ0v) is 6.55. The van der Waals surface area contributed by atoms with Crippen LogP contribution < -0.4 is 0 Å². The molecule has 0 radical (unpaired) electrons. The van der Waals surface area contributed by atoms with E-state index in [9.17, 15) is 4.79 Å². The van der Waals surface area contributed by atoms with Gasteiger partial charge in [0.1, 0.15) is 5.78 Å². The first-order valence-electron chi connectivity index (χ1n) is 3.47. The Balaban J connectivity index is 3.72. The maximum Gasteiger partial charge on any atom is 0.135 e. The van der Waals surface area contributed by atoms with Crippen LogP contribution in [-0.2, 0) is 4.79 Å². The highest BCUT2D eigenvalue weighted by Gasteiger charge is 2.10. The predicted molar refractivity (Wildman–Crippen MR) is 40.8 cm³/mol. The number of allylic oxidation sites excluding steroid dienone is 1. The summed E-state index contributed by atoms with van der Waals surface area (Å²) in [6, 6.07) is 0. The van der Waals surface area contributed by atoms with Crippen molar-refractivity contribution in [3.05, 3.63) is 12.3 Å². The van der Waals surface area contributed by atoms with E-state index >= 15 is 0 Å². The van der Waals surface area contributed by atoms with E-state index in [4.69, 9.17) is 5.11 Å². The van der Waals surface area contributed by atoms with E-state index < -0.39 is 0 Å². The molecule has 0 aromatic rings. The molecule has 2 nitrogen and oxygen atoms in total. The van der Waals surface area contributed by atoms with Crippen LogP contribution in [0.15, 0.2) is 12.3 Å². The third kappa shape index (κ3) is 3.28. The summed E-state index contributed by atoms with van der Waals surface area (Å²) in [5, 5.41) is 8.72. The first-order valence-corrected chi connectivity index (χ1v) is 3.47. The summed E-state index contributed by atoms with van der Waals surface area (Å²) in [5.74, 6) is 0.187. The molecule has 10 heavy (non-hydrogen) atoms. The Labute approximate surface area is 61.6 Å². The molecule has 0 rings (SSSR count). The van der Waals surface area contributed by atoms with Gasteiger partial charge in [0.15, 0.2) is 0 Å². The fraction of sp³-hybridized carbons (Fsp3) is 0.625. The summed E-state index contributed by atoms with van der Waals surface area (Å²) < 4.78 is 0. The van der Waals surface area contributed by atoms with Crippen LogP contribution in [-0.4, -0.2) is 10.9 Å². The molecule has 0 fully saturated rings. The molecule has 0 aromatic heterocycles. The highest BCUT2D eigenvalue weighted by atomic mass is 16.3. The third-order valence-electron chi connectivity index (χ3n) is 1.44. The maximum atomic E-state index is 10.9. The molecule has 0 saturated heterocycles. The summed E-state index contributed by atoms with van der Waals surface area (Å²) in [7, 11) is 0. The normalized spacial score (nSPS) is 12.6. The van der Waals surface area contributed by atoms with Crippen molar-refractivity contribution in [3.8, 4) is 0 Å². The van der Waals surface area contributed by atoms with Crippen LogP contribution in [0.1, 0.15) is 26.7 Å². The molecule has 2 heteroatoms. The summed E-state index contributed by atoms with van der Waals surface area (Å²) in [4.78, 5) is 10.9. The van der Waals surface area contributed by atoms with Crippen molar-refractivity contribution in [2.45, 2.75) is 26.7 Å². The molecule has 0 aliphatic rings. The molecular formula is C8H14O2. The van der Waals surface area contributed by atoms with E-state index in [1.165, 1.54) is 0 Å². The predicted octanol–water partition coefficient (Wildman–Crippen LogP) is 2.06. The number of rotatable bonds is 4. The summed E-state index contributed by atoms with van der Waals surface area (Å²) in [6.07, 6.45) is 0.932. The Morgan fingerprint density at radius 2 is 2.20 bits per heavy atom. The summed E-state index contributed by atoms with van der Waals surface area (Å²) in [5.41, 5.74) is 0. The largest absolute Gasteiger partial charge is 0.513 e. The number of hydrogen-bond donors (Lipinski definition) is 1. The smallest absolute Gasteiger partial charge is 0.135 e. The molecule has 0 aromatic carbocycles. The molecule has 1 atom stereocenters. The van der Waals surface area contributed by atoms with Gasteiger partial charge in [-0.1, -0.05) is 20.4 Å². The first-order chi connectivity index (χ1) is 4.57. The number of aliphatic hydroxyl groups excluding tert-OH is 1. The fourth-order valence-electron chi connectivity index (χ4n) is 0.816. The first kappa shape index (κ1) is 9.21. The molecule has 1 unspecified atom stereocenters. The number of ketones is 1. The van der Waals surface area contributed by atoms with Crippen LogP contribution >= 0.6 is 0 Å². The minimum absolute atomic E-state index is 0.0810. The van der Waals surface area contributed by atoms with Crippen LogP contribution in [0.25, 0.3) is 0 Å². The molecular weight excluding hydrogens is 128 g/mol. The van der Waals surface area contributed by atoms with E-state index in [1.54, 1.807) is 6.92 Å². The Hall–Kier alpha value is -0.790. The lowest BCUT2D eigenvalue weighted by molar-refractivity contribution is -0.122. The molecule has 1 N–H and O–H groups in total. The van der Waals surface area contributed by atoms with Crippen LogP contribution in [0.5, 0.6) is 0 Å². The molecule has 58 valence electrons. The monoisotopic (exact) mass is 142 g/mol. The SMILES string of the molecule is C=C(O)CC(C)C(=O)CC. The standard InChI is InChI=1S/C8H14O2/c1-4-8(10)6(2)5-7(3)9/h6,9H,3-5H2,1-2H3. The highest BCUT2D eigenvalue weighted by Crippen LogP contribution is 2.09. The number of aliphatic hydroxyl groups is 1. The van der Waals surface area contributed by atoms with Gasteiger partial charge in [0, 0.05) is 18.8 Å². The summed E-state index contributed by atoms with van der Waals surface area (Å²) >= 11 is 0. The molecule has 0 heterocycles. The van der Waals surface area contributed by atoms with Gasteiger partial charge in [-0.2, -0.15) is 0 Å². The lowest BCUT2D eigenvalue weighted by atomic mass is 10.0. The van der Waals surface area contributed by atoms with Crippen molar-refractivity contribution in [2.75, 3.05) is 0 Å². The number of Topliss-reactive ketones (excluding diaryl/α,β-unsaturated/α-hetero) is 1. The lowest BCUT2D eigenvalue weighted by Crippen LogP contribution is -2.09. The topological polar surface area (TPSA) is 37.3 Å². The zero-order chi connectivity index (χ0) is 8.15. The fourth-order valence-corrected chi connectivity index (χ4v) is 0.816. The van der Waals surface area contributed by atoms with Gasteiger partial charge < -0.3 is 5.11 Å². The minimum atomic E-state index is -0.0810. The Kier molecular flexibility index (Phi) is 3.77. The molecule has 0 aliphatic heterocycles. The van der Waals surface area contributed by atoms with Crippen LogP contribution in [0, 0.1) is 5.92 Å². The Morgan fingerprint density at radius 3 is 2.50 bits per heavy atom. The molecule has 0 saturated carbocycles. The maximum absolute atomic E-state index is 10.9. The zero-order valence-electron chi connectivity index (χ0n) is 6.55. The Morgan fingerprint density at radius 1 is 1.70 bits per heavy atom. The van der Waals surface area contributed by atoms with E-state index in [0.29, 0.717) is 12.8 Å². The van der Waals surface area contributed by atoms with Crippen LogP contribution in [0.2, 0.25) is 0 Å². The van der Waals surface area contributed by atoms with Crippen molar-refractivity contribution < 1.29 is 9.90 Å². The second kappa shape index (κ2) is 4.09. The van der Waals surface area contributed by atoms with Gasteiger partial charge in [-0.05, 0) is 0 Å². The quantitative estimate of drug-likeness (QED) is 0.610. The van der Waals surface area contributed by atoms with Crippen molar-refractivity contribution >= 4 is 5.78 Å². The van der Waals surface area contributed by atoms with Gasteiger partial charge in [0.05, 0.1) is 5.76 Å². The third-order valence-corrected chi connectivity index (χ3v) is 1.44. The van der Waals surface area contributed by atoms with Gasteiger partial charge >= 0.3 is 0 Å². The summed E-state index contributed by atoms with van der Waals surface area (Å²) in [6.45, 7) is 6.93. The van der Waals surface area contributed by atoms with Gasteiger partial charge in [0.25, 0.3) is 0 Å². The molecule has 0 aliphatic carbocycles.